The number of rotatable bonds is 9. The van der Waals surface area contributed by atoms with Crippen molar-refractivity contribution in [2.45, 2.75) is 26.8 Å². The summed E-state index contributed by atoms with van der Waals surface area (Å²) < 4.78 is 12.7. The van der Waals surface area contributed by atoms with Gasteiger partial charge in [-0.15, -0.1) is 11.3 Å². The Morgan fingerprint density at radius 1 is 1.15 bits per heavy atom. The lowest BCUT2D eigenvalue weighted by Gasteiger charge is -2.19. The van der Waals surface area contributed by atoms with Crippen LogP contribution in [-0.4, -0.2) is 39.8 Å². The number of benzene rings is 1. The molecule has 0 aliphatic carbocycles. The third kappa shape index (κ3) is 5.38. The Morgan fingerprint density at radius 3 is 2.70 bits per heavy atom. The largest absolute Gasteiger partial charge is 0.461 e. The molecule has 1 aromatic carbocycles. The monoisotopic (exact) mass is 464 g/mol. The van der Waals surface area contributed by atoms with Crippen LogP contribution in [0, 0.1) is 6.92 Å². The summed E-state index contributed by atoms with van der Waals surface area (Å²) >= 11 is 1.28. The number of furan rings is 1. The van der Waals surface area contributed by atoms with E-state index in [1.165, 1.54) is 11.3 Å². The van der Waals surface area contributed by atoms with E-state index >= 15 is 0 Å². The van der Waals surface area contributed by atoms with Crippen LogP contribution in [0.25, 0.3) is 0 Å². The third-order valence-electron chi connectivity index (χ3n) is 4.95. The van der Waals surface area contributed by atoms with E-state index in [0.29, 0.717) is 35.3 Å². The van der Waals surface area contributed by atoms with Crippen LogP contribution >= 0.6 is 11.3 Å². The maximum absolute atomic E-state index is 13.5. The van der Waals surface area contributed by atoms with Crippen LogP contribution in [0.1, 0.15) is 44.2 Å². The van der Waals surface area contributed by atoms with Gasteiger partial charge in [-0.05, 0) is 44.0 Å². The van der Waals surface area contributed by atoms with Gasteiger partial charge in [0.15, 0.2) is 16.6 Å². The summed E-state index contributed by atoms with van der Waals surface area (Å²) in [5.41, 5.74) is 1.32. The van der Waals surface area contributed by atoms with E-state index in [2.05, 4.69) is 10.1 Å². The van der Waals surface area contributed by atoms with E-state index in [0.717, 1.165) is 5.56 Å². The number of aryl methyl sites for hydroxylation is 1. The molecule has 0 bridgehead atoms. The zero-order valence-corrected chi connectivity index (χ0v) is 19.2. The number of anilines is 1. The fourth-order valence-corrected chi connectivity index (χ4v) is 4.24. The molecule has 0 N–H and O–H groups in total. The highest BCUT2D eigenvalue weighted by molar-refractivity contribution is 7.16. The number of aromatic nitrogens is 3. The molecule has 3 heterocycles. The van der Waals surface area contributed by atoms with Crippen LogP contribution in [0.3, 0.4) is 0 Å². The molecule has 0 radical (unpaired) electrons. The van der Waals surface area contributed by atoms with Crippen LogP contribution in [0.15, 0.2) is 65.3 Å². The van der Waals surface area contributed by atoms with Gasteiger partial charge in [-0.1, -0.05) is 30.3 Å². The van der Waals surface area contributed by atoms with Crippen LogP contribution in [0.2, 0.25) is 0 Å². The zero-order chi connectivity index (χ0) is 23.2. The number of carbonyl (C=O) groups excluding carboxylic acids is 2. The zero-order valence-electron chi connectivity index (χ0n) is 18.4. The Kier molecular flexibility index (Phi) is 6.99. The number of carbonyl (C=O) groups is 2. The number of ether oxygens (including phenoxy) is 1. The lowest BCUT2D eigenvalue weighted by Crippen LogP contribution is -2.32. The summed E-state index contributed by atoms with van der Waals surface area (Å²) in [5, 5.41) is 4.60. The molecule has 0 saturated heterocycles. The topological polar surface area (TPSA) is 90.5 Å². The second-order valence-corrected chi connectivity index (χ2v) is 8.47. The van der Waals surface area contributed by atoms with Crippen LogP contribution in [0.4, 0.5) is 5.13 Å². The number of thiazole rings is 1. The summed E-state index contributed by atoms with van der Waals surface area (Å²) in [4.78, 5) is 32.4. The van der Waals surface area contributed by atoms with Gasteiger partial charge in [0.25, 0.3) is 5.91 Å². The maximum Gasteiger partial charge on any atom is 0.358 e. The lowest BCUT2D eigenvalue weighted by molar-refractivity contribution is 0.0519. The van der Waals surface area contributed by atoms with Crippen LogP contribution < -0.4 is 4.90 Å². The van der Waals surface area contributed by atoms with Gasteiger partial charge in [0, 0.05) is 23.8 Å². The Labute approximate surface area is 195 Å². The maximum atomic E-state index is 13.5. The lowest BCUT2D eigenvalue weighted by atomic mass is 10.1. The predicted octanol–water partition coefficient (Wildman–Crippen LogP) is 4.36. The fraction of sp³-hybridized carbons (Fsp3) is 0.250. The number of nitrogens with zero attached hydrogens (tertiary/aromatic N) is 4. The first-order valence-corrected chi connectivity index (χ1v) is 11.4. The molecular formula is C24H24N4O4S. The van der Waals surface area contributed by atoms with Crippen molar-refractivity contribution in [1.82, 2.24) is 14.8 Å². The highest BCUT2D eigenvalue weighted by Crippen LogP contribution is 2.28. The molecule has 1 amide bonds. The standard InChI is InChI=1S/C24H24N4O4S/c1-3-31-23(30)21-17(2)33-24(26-21)28(15-12-18-8-5-4-6-9-18)22(29)20-11-10-19(32-20)16-27-14-7-13-25-27/h4-11,13-14H,3,12,15-16H2,1-2H3. The van der Waals surface area contributed by atoms with Crippen LogP contribution in [-0.2, 0) is 17.7 Å². The molecule has 33 heavy (non-hydrogen) atoms. The van der Waals surface area contributed by atoms with Crippen molar-refractivity contribution >= 4 is 28.3 Å². The predicted molar refractivity (Wildman–Crippen MR) is 125 cm³/mol. The Bertz CT molecular complexity index is 1210. The fourth-order valence-electron chi connectivity index (χ4n) is 3.32. The first-order chi connectivity index (χ1) is 16.0. The molecule has 0 unspecified atom stereocenters. The molecule has 0 fully saturated rings. The molecular weight excluding hydrogens is 440 g/mol. The highest BCUT2D eigenvalue weighted by Gasteiger charge is 2.26. The summed E-state index contributed by atoms with van der Waals surface area (Å²) in [6.45, 7) is 4.60. The van der Waals surface area contributed by atoms with Crippen molar-refractivity contribution in [2.24, 2.45) is 0 Å². The number of hydrogen-bond acceptors (Lipinski definition) is 7. The molecule has 3 aromatic heterocycles. The number of amides is 1. The molecule has 0 atom stereocenters. The van der Waals surface area contributed by atoms with E-state index in [9.17, 15) is 9.59 Å². The first kappa shape index (κ1) is 22.5. The molecule has 0 aliphatic heterocycles. The van der Waals surface area contributed by atoms with Crippen molar-refractivity contribution in [1.29, 1.82) is 0 Å². The second-order valence-electron chi connectivity index (χ2n) is 7.28. The van der Waals surface area contributed by atoms with E-state index in [-0.39, 0.29) is 24.0 Å². The SMILES string of the molecule is CCOC(=O)c1nc(N(CCc2ccccc2)C(=O)c2ccc(Cn3cccn3)o2)sc1C. The molecule has 9 heteroatoms. The van der Waals surface area contributed by atoms with Crippen molar-refractivity contribution in [3.63, 3.8) is 0 Å². The van der Waals surface area contributed by atoms with E-state index in [1.807, 2.05) is 42.6 Å². The summed E-state index contributed by atoms with van der Waals surface area (Å²) in [6.07, 6.45) is 4.14. The average Bonchev–Trinajstić information content (AvgIpc) is 3.57. The van der Waals surface area contributed by atoms with Crippen molar-refractivity contribution in [3.8, 4) is 0 Å². The average molecular weight is 465 g/mol. The molecule has 0 spiro atoms. The molecule has 4 rings (SSSR count). The molecule has 8 nitrogen and oxygen atoms in total. The molecule has 0 saturated carbocycles. The minimum absolute atomic E-state index is 0.204. The van der Waals surface area contributed by atoms with E-state index in [4.69, 9.17) is 9.15 Å². The van der Waals surface area contributed by atoms with Gasteiger partial charge < -0.3 is 9.15 Å². The van der Waals surface area contributed by atoms with Gasteiger partial charge >= 0.3 is 5.97 Å². The van der Waals surface area contributed by atoms with E-state index in [1.54, 1.807) is 41.8 Å². The molecule has 0 aliphatic rings. The third-order valence-corrected chi connectivity index (χ3v) is 5.94. The minimum atomic E-state index is -0.493. The second kappa shape index (κ2) is 10.3. The van der Waals surface area contributed by atoms with Gasteiger partial charge in [0.05, 0.1) is 13.2 Å². The van der Waals surface area contributed by atoms with Gasteiger partial charge in [-0.3, -0.25) is 14.4 Å². The summed E-state index contributed by atoms with van der Waals surface area (Å²) in [5.74, 6) is 0.0117. The quantitative estimate of drug-likeness (QED) is 0.342. The first-order valence-electron chi connectivity index (χ1n) is 10.6. The van der Waals surface area contributed by atoms with Crippen LogP contribution in [0.5, 0.6) is 0 Å². The van der Waals surface area contributed by atoms with Gasteiger partial charge in [0.2, 0.25) is 0 Å². The van der Waals surface area contributed by atoms with Crippen molar-refractivity contribution in [2.75, 3.05) is 18.1 Å². The number of esters is 1. The van der Waals surface area contributed by atoms with Crippen molar-refractivity contribution < 1.29 is 18.7 Å². The van der Waals surface area contributed by atoms with Gasteiger partial charge in [-0.25, -0.2) is 9.78 Å². The van der Waals surface area contributed by atoms with Crippen molar-refractivity contribution in [3.05, 3.63) is 88.6 Å². The van der Waals surface area contributed by atoms with Gasteiger partial charge in [0.1, 0.15) is 5.76 Å². The molecule has 4 aromatic rings. The highest BCUT2D eigenvalue weighted by atomic mass is 32.1. The Hall–Kier alpha value is -3.72. The normalized spacial score (nSPS) is 10.8. The number of hydrogen-bond donors (Lipinski definition) is 0. The Balaban J connectivity index is 1.60. The van der Waals surface area contributed by atoms with E-state index < -0.39 is 5.97 Å². The summed E-state index contributed by atoms with van der Waals surface area (Å²) in [6, 6.07) is 15.1. The van der Waals surface area contributed by atoms with Gasteiger partial charge in [-0.2, -0.15) is 5.10 Å². The molecule has 170 valence electrons. The smallest absolute Gasteiger partial charge is 0.358 e. The summed E-state index contributed by atoms with van der Waals surface area (Å²) in [7, 11) is 0. The minimum Gasteiger partial charge on any atom is -0.461 e. The Morgan fingerprint density at radius 2 is 1.97 bits per heavy atom.